The average molecular weight is 454 g/mol. The first-order chi connectivity index (χ1) is 15.5. The molecule has 1 aliphatic rings. The number of nitrogens with one attached hydrogen (secondary N) is 1. The van der Waals surface area contributed by atoms with E-state index in [4.69, 9.17) is 4.74 Å². The molecule has 1 N–H and O–H groups in total. The number of rotatable bonds is 8. The van der Waals surface area contributed by atoms with Crippen molar-refractivity contribution in [3.05, 3.63) is 82.4 Å². The maximum absolute atomic E-state index is 13.5. The summed E-state index contributed by atoms with van der Waals surface area (Å²) < 4.78 is 20.6. The molecule has 0 spiro atoms. The molecule has 4 rings (SSSR count). The van der Waals surface area contributed by atoms with Crippen LogP contribution in [0.4, 0.5) is 4.39 Å². The number of carbonyl (C=O) groups excluding carboxylic acids is 1. The molecule has 1 atom stereocenters. The zero-order valence-corrected chi connectivity index (χ0v) is 18.4. The van der Waals surface area contributed by atoms with Gasteiger partial charge < -0.3 is 10.1 Å². The van der Waals surface area contributed by atoms with Crippen LogP contribution in [0.3, 0.4) is 0 Å². The SMILES string of the molecule is C=CCn1c(SCc2cccc(F)c2)nc2cc(C(=O)NCC3CCCO3)ccc2c1=O. The minimum absolute atomic E-state index is 0.0504. The Bertz CT molecular complexity index is 1200. The van der Waals surface area contributed by atoms with Crippen molar-refractivity contribution in [2.24, 2.45) is 0 Å². The van der Waals surface area contributed by atoms with Gasteiger partial charge in [0.25, 0.3) is 11.5 Å². The monoisotopic (exact) mass is 453 g/mol. The van der Waals surface area contributed by atoms with Crippen LogP contribution < -0.4 is 10.9 Å². The quantitative estimate of drug-likeness (QED) is 0.318. The van der Waals surface area contributed by atoms with Crippen molar-refractivity contribution >= 4 is 28.6 Å². The predicted molar refractivity (Wildman–Crippen MR) is 123 cm³/mol. The number of benzene rings is 2. The van der Waals surface area contributed by atoms with Gasteiger partial charge >= 0.3 is 0 Å². The highest BCUT2D eigenvalue weighted by Crippen LogP contribution is 2.23. The lowest BCUT2D eigenvalue weighted by molar-refractivity contribution is 0.0858. The van der Waals surface area contributed by atoms with E-state index in [1.54, 1.807) is 30.3 Å². The van der Waals surface area contributed by atoms with Gasteiger partial charge in [-0.25, -0.2) is 9.37 Å². The summed E-state index contributed by atoms with van der Waals surface area (Å²) in [5, 5.41) is 3.81. The molecule has 0 bridgehead atoms. The lowest BCUT2D eigenvalue weighted by Gasteiger charge is -2.13. The number of amides is 1. The molecule has 8 heteroatoms. The Labute approximate surface area is 189 Å². The number of hydrogen-bond acceptors (Lipinski definition) is 5. The Hall–Kier alpha value is -2.97. The largest absolute Gasteiger partial charge is 0.376 e. The number of aromatic nitrogens is 2. The Morgan fingerprint density at radius 2 is 2.22 bits per heavy atom. The lowest BCUT2D eigenvalue weighted by atomic mass is 10.1. The van der Waals surface area contributed by atoms with Gasteiger partial charge in [-0.3, -0.25) is 14.2 Å². The summed E-state index contributed by atoms with van der Waals surface area (Å²) in [6.45, 7) is 5.22. The average Bonchev–Trinajstić information content (AvgIpc) is 3.32. The number of hydrogen-bond donors (Lipinski definition) is 1. The second kappa shape index (κ2) is 10.1. The smallest absolute Gasteiger partial charge is 0.262 e. The van der Waals surface area contributed by atoms with Crippen molar-refractivity contribution in [1.29, 1.82) is 0 Å². The third kappa shape index (κ3) is 5.08. The van der Waals surface area contributed by atoms with Gasteiger partial charge in [-0.05, 0) is 48.7 Å². The first-order valence-corrected chi connectivity index (χ1v) is 11.5. The van der Waals surface area contributed by atoms with E-state index in [0.717, 1.165) is 25.0 Å². The number of ether oxygens (including phenoxy) is 1. The minimum Gasteiger partial charge on any atom is -0.376 e. The van der Waals surface area contributed by atoms with Crippen LogP contribution in [-0.2, 0) is 17.0 Å². The molecule has 166 valence electrons. The molecule has 6 nitrogen and oxygen atoms in total. The molecule has 1 fully saturated rings. The molecule has 1 aromatic heterocycles. The van der Waals surface area contributed by atoms with E-state index >= 15 is 0 Å². The van der Waals surface area contributed by atoms with Crippen molar-refractivity contribution in [2.45, 2.75) is 36.4 Å². The molecular weight excluding hydrogens is 429 g/mol. The summed E-state index contributed by atoms with van der Waals surface area (Å²) in [4.78, 5) is 30.3. The Kier molecular flexibility index (Phi) is 7.02. The van der Waals surface area contributed by atoms with Crippen LogP contribution in [0.15, 0.2) is 65.1 Å². The fourth-order valence-electron chi connectivity index (χ4n) is 3.63. The molecule has 1 amide bonds. The van der Waals surface area contributed by atoms with Gasteiger partial charge in [0.15, 0.2) is 5.16 Å². The molecule has 1 saturated heterocycles. The molecule has 0 aliphatic carbocycles. The number of carbonyl (C=O) groups is 1. The van der Waals surface area contributed by atoms with Crippen molar-refractivity contribution in [1.82, 2.24) is 14.9 Å². The number of nitrogens with zero attached hydrogens (tertiary/aromatic N) is 2. The molecule has 2 aromatic carbocycles. The Morgan fingerprint density at radius 1 is 1.34 bits per heavy atom. The van der Waals surface area contributed by atoms with Gasteiger partial charge in [-0.2, -0.15) is 0 Å². The van der Waals surface area contributed by atoms with E-state index < -0.39 is 0 Å². The number of halogens is 1. The van der Waals surface area contributed by atoms with Gasteiger partial charge in [0.2, 0.25) is 0 Å². The maximum atomic E-state index is 13.5. The number of fused-ring (bicyclic) bond motifs is 1. The van der Waals surface area contributed by atoms with Crippen LogP contribution in [0.25, 0.3) is 10.9 Å². The highest BCUT2D eigenvalue weighted by molar-refractivity contribution is 7.98. The van der Waals surface area contributed by atoms with E-state index in [9.17, 15) is 14.0 Å². The minimum atomic E-state index is -0.309. The first-order valence-electron chi connectivity index (χ1n) is 10.5. The normalized spacial score (nSPS) is 15.7. The molecule has 1 unspecified atom stereocenters. The zero-order valence-electron chi connectivity index (χ0n) is 17.6. The predicted octanol–water partition coefficient (Wildman–Crippen LogP) is 3.92. The summed E-state index contributed by atoms with van der Waals surface area (Å²) in [5.41, 5.74) is 1.46. The molecule has 32 heavy (non-hydrogen) atoms. The van der Waals surface area contributed by atoms with Crippen LogP contribution in [0.1, 0.15) is 28.8 Å². The summed E-state index contributed by atoms with van der Waals surface area (Å²) in [6.07, 6.45) is 3.63. The van der Waals surface area contributed by atoms with E-state index in [2.05, 4.69) is 16.9 Å². The van der Waals surface area contributed by atoms with Gasteiger partial charge in [-0.1, -0.05) is 30.0 Å². The molecule has 3 aromatic rings. The first kappa shape index (κ1) is 22.2. The van der Waals surface area contributed by atoms with Crippen molar-refractivity contribution in [3.63, 3.8) is 0 Å². The fraction of sp³-hybridized carbons (Fsp3) is 0.292. The third-order valence-corrected chi connectivity index (χ3v) is 6.31. The zero-order chi connectivity index (χ0) is 22.5. The van der Waals surface area contributed by atoms with Crippen LogP contribution in [0.5, 0.6) is 0 Å². The van der Waals surface area contributed by atoms with Gasteiger partial charge in [0.1, 0.15) is 5.82 Å². The number of thioether (sulfide) groups is 1. The second-order valence-electron chi connectivity index (χ2n) is 7.59. The summed E-state index contributed by atoms with van der Waals surface area (Å²) in [5.74, 6) is -0.0841. The van der Waals surface area contributed by atoms with E-state index in [1.165, 1.54) is 28.5 Å². The topological polar surface area (TPSA) is 73.2 Å². The summed E-state index contributed by atoms with van der Waals surface area (Å²) in [7, 11) is 0. The molecule has 2 heterocycles. The van der Waals surface area contributed by atoms with Gasteiger partial charge in [0.05, 0.1) is 17.0 Å². The van der Waals surface area contributed by atoms with E-state index in [-0.39, 0.29) is 23.4 Å². The summed E-state index contributed by atoms with van der Waals surface area (Å²) >= 11 is 1.34. The molecular formula is C24H24FN3O3S. The maximum Gasteiger partial charge on any atom is 0.262 e. The summed E-state index contributed by atoms with van der Waals surface area (Å²) in [6, 6.07) is 11.2. The van der Waals surface area contributed by atoms with Crippen LogP contribution in [-0.4, -0.2) is 34.7 Å². The van der Waals surface area contributed by atoms with Gasteiger partial charge in [0, 0.05) is 31.0 Å². The van der Waals surface area contributed by atoms with E-state index in [0.29, 0.717) is 40.5 Å². The highest BCUT2D eigenvalue weighted by Gasteiger charge is 2.18. The third-order valence-electron chi connectivity index (χ3n) is 5.27. The Morgan fingerprint density at radius 3 is 2.97 bits per heavy atom. The van der Waals surface area contributed by atoms with Crippen LogP contribution >= 0.6 is 11.8 Å². The van der Waals surface area contributed by atoms with Crippen LogP contribution in [0, 0.1) is 5.82 Å². The number of allylic oxidation sites excluding steroid dienone is 1. The standard InChI is InChI=1S/C24H24FN3O3S/c1-2-10-28-23(30)20-9-8-17(22(29)26-14-19-7-4-11-31-19)13-21(20)27-24(28)32-15-16-5-3-6-18(25)12-16/h2-3,5-6,8-9,12-13,19H,1,4,7,10-11,14-15H2,(H,26,29). The van der Waals surface area contributed by atoms with Crippen molar-refractivity contribution in [2.75, 3.05) is 13.2 Å². The van der Waals surface area contributed by atoms with Crippen molar-refractivity contribution < 1.29 is 13.9 Å². The second-order valence-corrected chi connectivity index (χ2v) is 8.54. The Balaban J connectivity index is 1.60. The van der Waals surface area contributed by atoms with Crippen LogP contribution in [0.2, 0.25) is 0 Å². The van der Waals surface area contributed by atoms with Crippen molar-refractivity contribution in [3.8, 4) is 0 Å². The highest BCUT2D eigenvalue weighted by atomic mass is 32.2. The van der Waals surface area contributed by atoms with E-state index in [1.807, 2.05) is 6.07 Å². The lowest BCUT2D eigenvalue weighted by Crippen LogP contribution is -2.31. The molecule has 1 aliphatic heterocycles. The van der Waals surface area contributed by atoms with Gasteiger partial charge in [-0.15, -0.1) is 6.58 Å². The molecule has 0 radical (unpaired) electrons. The fourth-order valence-corrected chi connectivity index (χ4v) is 4.58. The molecule has 0 saturated carbocycles.